The molecule has 1 aromatic heterocycles. The second-order valence-electron chi connectivity index (χ2n) is 7.52. The maximum Gasteiger partial charge on any atom is 0.276 e. The summed E-state index contributed by atoms with van der Waals surface area (Å²) in [6.07, 6.45) is 4.11. The minimum absolute atomic E-state index is 0.0201. The molecular formula is C20H27N5O. The van der Waals surface area contributed by atoms with Crippen molar-refractivity contribution in [2.24, 2.45) is 0 Å². The Morgan fingerprint density at radius 1 is 1.19 bits per heavy atom. The Bertz CT molecular complexity index is 793. The first-order valence-corrected chi connectivity index (χ1v) is 9.65. The number of carbonyl (C=O) groups excluding carboxylic acids is 1. The minimum atomic E-state index is 0.0201. The number of hydrogen-bond acceptors (Lipinski definition) is 4. The zero-order valence-electron chi connectivity index (χ0n) is 15.6. The van der Waals surface area contributed by atoms with E-state index in [0.29, 0.717) is 11.7 Å². The molecule has 0 radical (unpaired) electrons. The fourth-order valence-electron chi connectivity index (χ4n) is 4.31. The van der Waals surface area contributed by atoms with Crippen LogP contribution in [0, 0.1) is 13.8 Å². The maximum atomic E-state index is 13.2. The van der Waals surface area contributed by atoms with E-state index in [2.05, 4.69) is 46.8 Å². The lowest BCUT2D eigenvalue weighted by atomic mass is 10.0. The molecule has 1 atom stereocenters. The third kappa shape index (κ3) is 3.14. The smallest absolute Gasteiger partial charge is 0.276 e. The molecule has 0 spiro atoms. The van der Waals surface area contributed by atoms with Crippen LogP contribution < -0.4 is 5.32 Å². The van der Waals surface area contributed by atoms with Crippen LogP contribution in [0.4, 0.5) is 0 Å². The number of piperidine rings is 1. The van der Waals surface area contributed by atoms with Crippen molar-refractivity contribution in [3.8, 4) is 0 Å². The first kappa shape index (κ1) is 17.2. The molecule has 0 aliphatic carbocycles. The highest BCUT2D eigenvalue weighted by Gasteiger charge is 2.33. The molecule has 0 bridgehead atoms. The molecular weight excluding hydrogens is 326 g/mol. The topological polar surface area (TPSA) is 63.1 Å². The van der Waals surface area contributed by atoms with Gasteiger partial charge in [-0.3, -0.25) is 4.79 Å². The molecule has 0 saturated carbocycles. The fourth-order valence-corrected chi connectivity index (χ4v) is 4.31. The van der Waals surface area contributed by atoms with Crippen LogP contribution in [-0.2, 0) is 0 Å². The average molecular weight is 353 g/mol. The van der Waals surface area contributed by atoms with Gasteiger partial charge < -0.3 is 10.2 Å². The number of nitrogens with zero attached hydrogens (tertiary/aromatic N) is 4. The van der Waals surface area contributed by atoms with Crippen LogP contribution in [-0.4, -0.2) is 45.4 Å². The van der Waals surface area contributed by atoms with E-state index in [9.17, 15) is 4.79 Å². The van der Waals surface area contributed by atoms with Crippen LogP contribution in [0.25, 0.3) is 0 Å². The summed E-state index contributed by atoms with van der Waals surface area (Å²) in [5.41, 5.74) is 3.87. The van der Waals surface area contributed by atoms with Gasteiger partial charge >= 0.3 is 0 Å². The number of hydrogen-bond donors (Lipinski definition) is 1. The second kappa shape index (κ2) is 7.19. The van der Waals surface area contributed by atoms with Gasteiger partial charge in [-0.15, -0.1) is 5.10 Å². The summed E-state index contributed by atoms with van der Waals surface area (Å²) in [4.78, 5) is 15.2. The van der Waals surface area contributed by atoms with Gasteiger partial charge in [0.2, 0.25) is 0 Å². The van der Waals surface area contributed by atoms with Crippen molar-refractivity contribution in [1.29, 1.82) is 0 Å². The summed E-state index contributed by atoms with van der Waals surface area (Å²) in [7, 11) is 0. The van der Waals surface area contributed by atoms with Crippen LogP contribution in [0.5, 0.6) is 0 Å². The van der Waals surface area contributed by atoms with Crippen LogP contribution in [0.3, 0.4) is 0 Å². The van der Waals surface area contributed by atoms with Gasteiger partial charge in [0.15, 0.2) is 5.69 Å². The number of aromatic nitrogens is 3. The van der Waals surface area contributed by atoms with Crippen molar-refractivity contribution in [2.45, 2.75) is 51.6 Å². The second-order valence-corrected chi connectivity index (χ2v) is 7.52. The largest absolute Gasteiger partial charge is 0.330 e. The number of aryl methyl sites for hydroxylation is 1. The molecule has 2 saturated heterocycles. The van der Waals surface area contributed by atoms with E-state index in [1.165, 1.54) is 11.1 Å². The summed E-state index contributed by atoms with van der Waals surface area (Å²) in [5, 5.41) is 12.0. The number of rotatable bonds is 3. The summed E-state index contributed by atoms with van der Waals surface area (Å²) >= 11 is 0. The molecule has 6 heteroatoms. The molecule has 26 heavy (non-hydrogen) atoms. The number of benzene rings is 1. The molecule has 138 valence electrons. The Hall–Kier alpha value is -2.21. The van der Waals surface area contributed by atoms with E-state index in [4.69, 9.17) is 0 Å². The van der Waals surface area contributed by atoms with Gasteiger partial charge in [0.25, 0.3) is 5.91 Å². The standard InChI is InChI=1S/C20H27N5O/c1-14-5-3-6-16(13-14)18-7-4-12-24(18)20(26)19-15(2)25(23-22-19)17-8-10-21-11-9-17/h3,5-6,13,17-18,21H,4,7-12H2,1-2H3. The first-order valence-electron chi connectivity index (χ1n) is 9.65. The van der Waals surface area contributed by atoms with Crippen molar-refractivity contribution < 1.29 is 4.79 Å². The predicted molar refractivity (Wildman–Crippen MR) is 100 cm³/mol. The number of carbonyl (C=O) groups is 1. The monoisotopic (exact) mass is 353 g/mol. The van der Waals surface area contributed by atoms with Gasteiger partial charge in [-0.1, -0.05) is 35.0 Å². The van der Waals surface area contributed by atoms with Gasteiger partial charge in [-0.05, 0) is 58.2 Å². The Kier molecular flexibility index (Phi) is 4.76. The normalized spacial score (nSPS) is 21.3. The Morgan fingerprint density at radius 3 is 2.77 bits per heavy atom. The highest BCUT2D eigenvalue weighted by molar-refractivity contribution is 5.93. The molecule has 4 rings (SSSR count). The van der Waals surface area contributed by atoms with Gasteiger partial charge in [-0.25, -0.2) is 4.68 Å². The summed E-state index contributed by atoms with van der Waals surface area (Å²) in [6.45, 7) is 6.85. The lowest BCUT2D eigenvalue weighted by Crippen LogP contribution is -2.32. The fraction of sp³-hybridized carbons (Fsp3) is 0.550. The van der Waals surface area contributed by atoms with E-state index in [1.54, 1.807) is 0 Å². The van der Waals surface area contributed by atoms with Crippen molar-refractivity contribution in [3.63, 3.8) is 0 Å². The quantitative estimate of drug-likeness (QED) is 0.922. The van der Waals surface area contributed by atoms with Crippen molar-refractivity contribution in [1.82, 2.24) is 25.2 Å². The SMILES string of the molecule is Cc1cccc(C2CCCN2C(=O)c2nnn(C3CCNCC3)c2C)c1. The molecule has 2 aromatic rings. The highest BCUT2D eigenvalue weighted by atomic mass is 16.2. The lowest BCUT2D eigenvalue weighted by molar-refractivity contribution is 0.0728. The van der Waals surface area contributed by atoms with E-state index in [1.807, 2.05) is 16.5 Å². The Labute approximate surface area is 154 Å². The minimum Gasteiger partial charge on any atom is -0.330 e. The van der Waals surface area contributed by atoms with Gasteiger partial charge in [-0.2, -0.15) is 0 Å². The van der Waals surface area contributed by atoms with Crippen LogP contribution in [0.2, 0.25) is 0 Å². The zero-order chi connectivity index (χ0) is 18.1. The zero-order valence-corrected chi connectivity index (χ0v) is 15.6. The molecule has 3 heterocycles. The molecule has 2 aliphatic rings. The third-order valence-electron chi connectivity index (χ3n) is 5.73. The van der Waals surface area contributed by atoms with Crippen molar-refractivity contribution >= 4 is 5.91 Å². The van der Waals surface area contributed by atoms with Gasteiger partial charge in [0.05, 0.1) is 17.8 Å². The van der Waals surface area contributed by atoms with E-state index < -0.39 is 0 Å². The van der Waals surface area contributed by atoms with Crippen LogP contribution in [0.1, 0.15) is 65.1 Å². The van der Waals surface area contributed by atoms with Crippen molar-refractivity contribution in [3.05, 3.63) is 46.8 Å². The molecule has 1 unspecified atom stereocenters. The van der Waals surface area contributed by atoms with Crippen molar-refractivity contribution in [2.75, 3.05) is 19.6 Å². The molecule has 1 amide bonds. The molecule has 6 nitrogen and oxygen atoms in total. The maximum absolute atomic E-state index is 13.2. The Morgan fingerprint density at radius 2 is 2.00 bits per heavy atom. The van der Waals surface area contributed by atoms with E-state index >= 15 is 0 Å². The van der Waals surface area contributed by atoms with Gasteiger partial charge in [0.1, 0.15) is 0 Å². The average Bonchev–Trinajstić information content (AvgIpc) is 3.29. The molecule has 1 aromatic carbocycles. The summed E-state index contributed by atoms with van der Waals surface area (Å²) in [5.74, 6) is 0.0201. The summed E-state index contributed by atoms with van der Waals surface area (Å²) < 4.78 is 1.96. The summed E-state index contributed by atoms with van der Waals surface area (Å²) in [6, 6.07) is 8.97. The third-order valence-corrected chi connectivity index (χ3v) is 5.73. The number of amides is 1. The number of nitrogens with one attached hydrogen (secondary N) is 1. The predicted octanol–water partition coefficient (Wildman–Crippen LogP) is 2.80. The lowest BCUT2D eigenvalue weighted by Gasteiger charge is -2.25. The molecule has 2 aliphatic heterocycles. The van der Waals surface area contributed by atoms with E-state index in [-0.39, 0.29) is 11.9 Å². The molecule has 2 fully saturated rings. The Balaban J connectivity index is 1.58. The molecule has 1 N–H and O–H groups in total. The highest BCUT2D eigenvalue weighted by Crippen LogP contribution is 2.34. The first-order chi connectivity index (χ1) is 12.6. The van der Waals surface area contributed by atoms with Crippen LogP contribution in [0.15, 0.2) is 24.3 Å². The van der Waals surface area contributed by atoms with E-state index in [0.717, 1.165) is 51.0 Å². The van der Waals surface area contributed by atoms with Crippen LogP contribution >= 0.6 is 0 Å². The number of likely N-dealkylation sites (tertiary alicyclic amines) is 1. The van der Waals surface area contributed by atoms with Gasteiger partial charge in [0, 0.05) is 6.54 Å².